The summed E-state index contributed by atoms with van der Waals surface area (Å²) in [6.45, 7) is 10.7. The van der Waals surface area contributed by atoms with Crippen LogP contribution in [0.2, 0.25) is 0 Å². The molecule has 1 aromatic rings. The fourth-order valence-corrected chi connectivity index (χ4v) is 5.15. The third-order valence-corrected chi connectivity index (χ3v) is 6.89. The summed E-state index contributed by atoms with van der Waals surface area (Å²) in [4.78, 5) is 16.8. The van der Waals surface area contributed by atoms with E-state index < -0.39 is 0 Å². The van der Waals surface area contributed by atoms with Crippen LogP contribution in [0.5, 0.6) is 0 Å². The molecule has 1 aromatic heterocycles. The van der Waals surface area contributed by atoms with Gasteiger partial charge in [-0.15, -0.1) is 11.3 Å². The van der Waals surface area contributed by atoms with Crippen molar-refractivity contribution in [2.45, 2.75) is 85.3 Å². The number of aliphatic hydroxyl groups excluding tert-OH is 1. The van der Waals surface area contributed by atoms with Crippen LogP contribution in [0.1, 0.15) is 78.0 Å². The molecule has 1 heterocycles. The van der Waals surface area contributed by atoms with E-state index in [9.17, 15) is 9.90 Å². The van der Waals surface area contributed by atoms with Crippen LogP contribution in [-0.4, -0.2) is 23.2 Å². The lowest BCUT2D eigenvalue weighted by molar-refractivity contribution is -0.124. The van der Waals surface area contributed by atoms with Crippen molar-refractivity contribution < 1.29 is 9.90 Å². The number of carbonyl (C=O) groups is 1. The lowest BCUT2D eigenvalue weighted by atomic mass is 9.79. The van der Waals surface area contributed by atoms with Crippen molar-refractivity contribution in [1.29, 1.82) is 0 Å². The zero-order valence-electron chi connectivity index (χ0n) is 18.5. The number of nitrogens with zero attached hydrogens (tertiary/aromatic N) is 1. The minimum atomic E-state index is -0.224. The van der Waals surface area contributed by atoms with Crippen LogP contribution in [0.4, 0.5) is 5.69 Å². The highest BCUT2D eigenvalue weighted by Gasteiger charge is 2.36. The molecule has 2 aliphatic carbocycles. The summed E-state index contributed by atoms with van der Waals surface area (Å²) in [6.07, 6.45) is 7.11. The van der Waals surface area contributed by atoms with Crippen molar-refractivity contribution in [2.75, 3.05) is 4.90 Å². The molecule has 0 aromatic carbocycles. The second kappa shape index (κ2) is 9.06. The van der Waals surface area contributed by atoms with Crippen molar-refractivity contribution in [3.63, 3.8) is 0 Å². The molecule has 0 spiro atoms. The Labute approximate surface area is 180 Å². The first-order chi connectivity index (χ1) is 13.6. The molecule has 0 saturated heterocycles. The Morgan fingerprint density at radius 3 is 2.55 bits per heavy atom. The molecule has 0 radical (unpaired) electrons. The SMILES string of the molecule is CC1=CC[C@@H](C(=O)N(c2csc(C#CC(C)(C)C)c2)C2CCC(O)CC2)[C@@H](C)C1. The Balaban J connectivity index is 1.88. The van der Waals surface area contributed by atoms with Crippen molar-refractivity contribution in [2.24, 2.45) is 17.3 Å². The first kappa shape index (κ1) is 22.1. The first-order valence-electron chi connectivity index (χ1n) is 10.9. The second-order valence-electron chi connectivity index (χ2n) is 9.91. The highest BCUT2D eigenvalue weighted by molar-refractivity contribution is 7.11. The average Bonchev–Trinajstić information content (AvgIpc) is 3.10. The molecule has 4 heteroatoms. The second-order valence-corrected chi connectivity index (χ2v) is 10.8. The molecule has 29 heavy (non-hydrogen) atoms. The Hall–Kier alpha value is -1.57. The van der Waals surface area contributed by atoms with Gasteiger partial charge < -0.3 is 10.0 Å². The normalized spacial score (nSPS) is 27.6. The van der Waals surface area contributed by atoms with Crippen LogP contribution in [0.15, 0.2) is 23.1 Å². The molecule has 1 N–H and O–H groups in total. The van der Waals surface area contributed by atoms with Gasteiger partial charge in [0.05, 0.1) is 16.7 Å². The molecule has 1 fully saturated rings. The van der Waals surface area contributed by atoms with E-state index in [2.05, 4.69) is 68.9 Å². The smallest absolute Gasteiger partial charge is 0.230 e. The van der Waals surface area contributed by atoms with Gasteiger partial charge in [-0.3, -0.25) is 4.79 Å². The number of thiophene rings is 1. The fourth-order valence-electron chi connectivity index (χ4n) is 4.42. The molecule has 158 valence electrons. The summed E-state index contributed by atoms with van der Waals surface area (Å²) in [7, 11) is 0. The van der Waals surface area contributed by atoms with Crippen LogP contribution in [0, 0.1) is 29.1 Å². The molecule has 3 rings (SSSR count). The molecule has 0 aliphatic heterocycles. The summed E-state index contributed by atoms with van der Waals surface area (Å²) < 4.78 is 0. The highest BCUT2D eigenvalue weighted by Crippen LogP contribution is 2.36. The number of anilines is 1. The van der Waals surface area contributed by atoms with Crippen molar-refractivity contribution >= 4 is 22.9 Å². The Kier molecular flexibility index (Phi) is 6.91. The van der Waals surface area contributed by atoms with E-state index in [1.54, 1.807) is 11.3 Å². The topological polar surface area (TPSA) is 40.5 Å². The van der Waals surface area contributed by atoms with Gasteiger partial charge in [0.1, 0.15) is 0 Å². The molecule has 2 atom stereocenters. The van der Waals surface area contributed by atoms with E-state index >= 15 is 0 Å². The molecule has 0 bridgehead atoms. The zero-order valence-corrected chi connectivity index (χ0v) is 19.3. The number of allylic oxidation sites excluding steroid dienone is 2. The molecule has 2 aliphatic rings. The summed E-state index contributed by atoms with van der Waals surface area (Å²) in [5.74, 6) is 7.23. The van der Waals surface area contributed by atoms with Gasteiger partial charge in [0.25, 0.3) is 0 Å². The third-order valence-electron chi connectivity index (χ3n) is 6.06. The predicted molar refractivity (Wildman–Crippen MR) is 122 cm³/mol. The van der Waals surface area contributed by atoms with Crippen LogP contribution < -0.4 is 4.90 Å². The largest absolute Gasteiger partial charge is 0.393 e. The molecular weight excluding hydrogens is 378 g/mol. The Morgan fingerprint density at radius 2 is 1.93 bits per heavy atom. The van der Waals surface area contributed by atoms with E-state index in [4.69, 9.17) is 0 Å². The lowest BCUT2D eigenvalue weighted by Gasteiger charge is -2.39. The molecule has 1 saturated carbocycles. The van der Waals surface area contributed by atoms with Crippen LogP contribution >= 0.6 is 11.3 Å². The van der Waals surface area contributed by atoms with Gasteiger partial charge in [-0.25, -0.2) is 0 Å². The van der Waals surface area contributed by atoms with Crippen molar-refractivity contribution in [3.05, 3.63) is 28.0 Å². The van der Waals surface area contributed by atoms with Gasteiger partial charge in [-0.2, -0.15) is 0 Å². The van der Waals surface area contributed by atoms with Gasteiger partial charge in [0, 0.05) is 22.8 Å². The maximum atomic E-state index is 13.7. The summed E-state index contributed by atoms with van der Waals surface area (Å²) in [6, 6.07) is 2.25. The number of amides is 1. The summed E-state index contributed by atoms with van der Waals surface area (Å²) in [5, 5.41) is 12.0. The molecule has 3 nitrogen and oxygen atoms in total. The number of aliphatic hydroxyl groups is 1. The van der Waals surface area contributed by atoms with E-state index in [1.165, 1.54) is 5.57 Å². The van der Waals surface area contributed by atoms with E-state index in [1.807, 2.05) is 0 Å². The van der Waals surface area contributed by atoms with Crippen LogP contribution in [0.25, 0.3) is 0 Å². The minimum absolute atomic E-state index is 0.0366. The number of hydrogen-bond acceptors (Lipinski definition) is 3. The highest BCUT2D eigenvalue weighted by atomic mass is 32.1. The van der Waals surface area contributed by atoms with Gasteiger partial charge in [0.15, 0.2) is 0 Å². The van der Waals surface area contributed by atoms with Crippen molar-refractivity contribution in [1.82, 2.24) is 0 Å². The third kappa shape index (κ3) is 5.74. The molecule has 1 amide bonds. The monoisotopic (exact) mass is 413 g/mol. The maximum Gasteiger partial charge on any atom is 0.230 e. The van der Waals surface area contributed by atoms with Gasteiger partial charge in [0.2, 0.25) is 5.91 Å². The first-order valence-corrected chi connectivity index (χ1v) is 11.8. The standard InChI is InChI=1S/C25H35NO2S/c1-17-6-11-23(18(2)14-17)24(28)26(19-7-9-21(27)10-8-19)20-15-22(29-16-20)12-13-25(3,4)5/h6,15-16,18-19,21,23,27H,7-11,14H2,1-5H3/t18-,19?,21?,23+/m0/s1. The number of carbonyl (C=O) groups excluding carboxylic acids is 1. The summed E-state index contributed by atoms with van der Waals surface area (Å²) >= 11 is 1.62. The molecule has 0 unspecified atom stereocenters. The zero-order chi connectivity index (χ0) is 21.2. The fraction of sp³-hybridized carbons (Fsp3) is 0.640. The van der Waals surface area contributed by atoms with E-state index in [-0.39, 0.29) is 29.4 Å². The Morgan fingerprint density at radius 1 is 1.24 bits per heavy atom. The van der Waals surface area contributed by atoms with E-state index in [0.717, 1.165) is 49.1 Å². The average molecular weight is 414 g/mol. The van der Waals surface area contributed by atoms with E-state index in [0.29, 0.717) is 5.92 Å². The summed E-state index contributed by atoms with van der Waals surface area (Å²) in [5.41, 5.74) is 2.34. The van der Waals surface area contributed by atoms with Crippen LogP contribution in [-0.2, 0) is 4.79 Å². The Bertz CT molecular complexity index is 812. The predicted octanol–water partition coefficient (Wildman–Crippen LogP) is 5.77. The van der Waals surface area contributed by atoms with Gasteiger partial charge in [-0.1, -0.05) is 30.4 Å². The quantitative estimate of drug-likeness (QED) is 0.504. The van der Waals surface area contributed by atoms with Crippen molar-refractivity contribution in [3.8, 4) is 11.8 Å². The molecular formula is C25H35NO2S. The van der Waals surface area contributed by atoms with Gasteiger partial charge >= 0.3 is 0 Å². The maximum absolute atomic E-state index is 13.7. The van der Waals surface area contributed by atoms with Gasteiger partial charge in [-0.05, 0) is 78.2 Å². The lowest BCUT2D eigenvalue weighted by Crippen LogP contribution is -2.47. The van der Waals surface area contributed by atoms with Crippen LogP contribution in [0.3, 0.4) is 0 Å². The minimum Gasteiger partial charge on any atom is -0.393 e. The number of rotatable bonds is 3. The number of hydrogen-bond donors (Lipinski definition) is 1.